The fraction of sp³-hybridized carbons (Fsp3) is 0.167. The summed E-state index contributed by atoms with van der Waals surface area (Å²) in [5.74, 6) is 0.709. The van der Waals surface area contributed by atoms with Gasteiger partial charge in [0.1, 0.15) is 5.75 Å². The summed E-state index contributed by atoms with van der Waals surface area (Å²) in [4.78, 5) is 0.109. The van der Waals surface area contributed by atoms with Gasteiger partial charge >= 0.3 is 0 Å². The van der Waals surface area contributed by atoms with Crippen LogP contribution >= 0.6 is 11.6 Å². The molecular weight excluding hydrogens is 302 g/mol. The lowest BCUT2D eigenvalue weighted by Crippen LogP contribution is -2.14. The molecule has 8 heteroatoms. The van der Waals surface area contributed by atoms with Gasteiger partial charge in [0, 0.05) is 0 Å². The highest BCUT2D eigenvalue weighted by Crippen LogP contribution is 2.18. The lowest BCUT2D eigenvalue weighted by molar-refractivity contribution is 0.340. The number of ether oxygens (including phenoxy) is 1. The molecule has 0 aliphatic rings. The van der Waals surface area contributed by atoms with Gasteiger partial charge in [-0.25, -0.2) is 8.42 Å². The summed E-state index contributed by atoms with van der Waals surface area (Å²) in [5, 5.41) is 7.39. The van der Waals surface area contributed by atoms with Crippen molar-refractivity contribution < 1.29 is 13.2 Å². The summed E-state index contributed by atoms with van der Waals surface area (Å²) < 4.78 is 31.8. The molecule has 6 nitrogen and oxygen atoms in total. The molecule has 1 N–H and O–H groups in total. The van der Waals surface area contributed by atoms with Crippen LogP contribution in [0.4, 0.5) is 5.82 Å². The Labute approximate surface area is 121 Å². The predicted molar refractivity (Wildman–Crippen MR) is 75.5 cm³/mol. The zero-order valence-electron chi connectivity index (χ0n) is 10.6. The van der Waals surface area contributed by atoms with Gasteiger partial charge in [-0.15, -0.1) is 10.2 Å². The average molecular weight is 314 g/mol. The van der Waals surface area contributed by atoms with E-state index in [2.05, 4.69) is 14.9 Å². The first-order chi connectivity index (χ1) is 9.51. The Morgan fingerprint density at radius 1 is 1.15 bits per heavy atom. The van der Waals surface area contributed by atoms with E-state index in [0.29, 0.717) is 12.4 Å². The molecule has 0 saturated carbocycles. The molecule has 1 heterocycles. The van der Waals surface area contributed by atoms with Crippen LogP contribution in [0, 0.1) is 0 Å². The molecule has 20 heavy (non-hydrogen) atoms. The summed E-state index contributed by atoms with van der Waals surface area (Å²) in [6.45, 7) is 2.37. The third-order valence-corrected chi connectivity index (χ3v) is 3.89. The summed E-state index contributed by atoms with van der Waals surface area (Å²) >= 11 is 5.58. The number of anilines is 1. The number of hydrogen-bond donors (Lipinski definition) is 1. The Bertz CT molecular complexity index is 672. The molecule has 0 unspecified atom stereocenters. The van der Waals surface area contributed by atoms with Crippen molar-refractivity contribution in [1.82, 2.24) is 10.2 Å². The Morgan fingerprint density at radius 3 is 2.40 bits per heavy atom. The fourth-order valence-electron chi connectivity index (χ4n) is 1.45. The van der Waals surface area contributed by atoms with E-state index in [-0.39, 0.29) is 15.9 Å². The highest BCUT2D eigenvalue weighted by atomic mass is 35.5. The second-order valence-corrected chi connectivity index (χ2v) is 5.82. The molecule has 106 valence electrons. The van der Waals surface area contributed by atoms with Crippen molar-refractivity contribution in [3.63, 3.8) is 0 Å². The highest BCUT2D eigenvalue weighted by molar-refractivity contribution is 7.92. The third kappa shape index (κ3) is 3.58. The molecule has 0 bridgehead atoms. The molecule has 2 rings (SSSR count). The Hall–Kier alpha value is -1.86. The van der Waals surface area contributed by atoms with E-state index in [1.807, 2.05) is 6.92 Å². The first kappa shape index (κ1) is 14.5. The van der Waals surface area contributed by atoms with Crippen molar-refractivity contribution in [2.24, 2.45) is 0 Å². The van der Waals surface area contributed by atoms with Crippen LogP contribution in [0.15, 0.2) is 41.3 Å². The van der Waals surface area contributed by atoms with Gasteiger partial charge in [-0.1, -0.05) is 11.6 Å². The number of benzene rings is 1. The van der Waals surface area contributed by atoms with Crippen LogP contribution in [0.1, 0.15) is 6.92 Å². The summed E-state index contributed by atoms with van der Waals surface area (Å²) in [6.07, 6.45) is 0. The van der Waals surface area contributed by atoms with Crippen molar-refractivity contribution >= 4 is 27.4 Å². The Kier molecular flexibility index (Phi) is 4.41. The predicted octanol–water partition coefficient (Wildman–Crippen LogP) is 2.33. The molecule has 0 radical (unpaired) electrons. The molecule has 0 amide bonds. The molecule has 1 aromatic carbocycles. The minimum atomic E-state index is -3.71. The zero-order valence-corrected chi connectivity index (χ0v) is 12.1. The van der Waals surface area contributed by atoms with E-state index in [1.54, 1.807) is 12.1 Å². The van der Waals surface area contributed by atoms with E-state index in [1.165, 1.54) is 24.3 Å². The van der Waals surface area contributed by atoms with Crippen molar-refractivity contribution in [2.75, 3.05) is 11.3 Å². The number of nitrogens with zero attached hydrogens (tertiary/aromatic N) is 2. The van der Waals surface area contributed by atoms with Gasteiger partial charge in [-0.05, 0) is 43.3 Å². The van der Waals surface area contributed by atoms with Gasteiger partial charge in [-0.2, -0.15) is 0 Å². The van der Waals surface area contributed by atoms with Crippen molar-refractivity contribution in [1.29, 1.82) is 0 Å². The fourth-order valence-corrected chi connectivity index (χ4v) is 2.55. The molecule has 0 atom stereocenters. The number of sulfonamides is 1. The topological polar surface area (TPSA) is 81.2 Å². The van der Waals surface area contributed by atoms with E-state index in [4.69, 9.17) is 16.3 Å². The van der Waals surface area contributed by atoms with Crippen LogP contribution in [0.3, 0.4) is 0 Å². The number of rotatable bonds is 5. The SMILES string of the molecule is CCOc1ccc(S(=O)(=O)Nc2ccc(Cl)nn2)cc1. The lowest BCUT2D eigenvalue weighted by atomic mass is 10.3. The van der Waals surface area contributed by atoms with Gasteiger partial charge in [0.25, 0.3) is 10.0 Å². The van der Waals surface area contributed by atoms with Crippen LogP contribution in [-0.2, 0) is 10.0 Å². The first-order valence-corrected chi connectivity index (χ1v) is 7.62. The maximum absolute atomic E-state index is 12.1. The average Bonchev–Trinajstić information content (AvgIpc) is 2.42. The number of hydrogen-bond acceptors (Lipinski definition) is 5. The zero-order chi connectivity index (χ0) is 14.6. The van der Waals surface area contributed by atoms with Gasteiger partial charge in [0.2, 0.25) is 0 Å². The molecule has 0 spiro atoms. The third-order valence-electron chi connectivity index (χ3n) is 2.32. The molecule has 0 aliphatic carbocycles. The number of halogens is 1. The molecule has 0 saturated heterocycles. The van der Waals surface area contributed by atoms with Crippen LogP contribution in [0.2, 0.25) is 5.15 Å². The summed E-state index contributed by atoms with van der Waals surface area (Å²) in [5.41, 5.74) is 0. The quantitative estimate of drug-likeness (QED) is 0.916. The van der Waals surface area contributed by atoms with Crippen LogP contribution in [-0.4, -0.2) is 25.2 Å². The molecule has 2 aromatic rings. The maximum Gasteiger partial charge on any atom is 0.263 e. The smallest absolute Gasteiger partial charge is 0.263 e. The Balaban J connectivity index is 2.19. The highest BCUT2D eigenvalue weighted by Gasteiger charge is 2.15. The molecule has 0 fully saturated rings. The Morgan fingerprint density at radius 2 is 1.85 bits per heavy atom. The molecule has 0 aliphatic heterocycles. The van der Waals surface area contributed by atoms with E-state index < -0.39 is 10.0 Å². The van der Waals surface area contributed by atoms with Crippen molar-refractivity contribution in [3.8, 4) is 5.75 Å². The van der Waals surface area contributed by atoms with Gasteiger partial charge in [-0.3, -0.25) is 4.72 Å². The lowest BCUT2D eigenvalue weighted by Gasteiger charge is -2.08. The van der Waals surface area contributed by atoms with Gasteiger partial charge in [0.15, 0.2) is 11.0 Å². The van der Waals surface area contributed by atoms with Crippen LogP contribution in [0.5, 0.6) is 5.75 Å². The molecular formula is C12H12ClN3O3S. The van der Waals surface area contributed by atoms with Crippen LogP contribution < -0.4 is 9.46 Å². The standard InChI is InChI=1S/C12H12ClN3O3S/c1-2-19-9-3-5-10(6-4-9)20(17,18)16-12-8-7-11(13)14-15-12/h3-8H,2H2,1H3,(H,15,16). The van der Waals surface area contributed by atoms with Crippen molar-refractivity contribution in [2.45, 2.75) is 11.8 Å². The van der Waals surface area contributed by atoms with Gasteiger partial charge in [0.05, 0.1) is 11.5 Å². The maximum atomic E-state index is 12.1. The van der Waals surface area contributed by atoms with Crippen molar-refractivity contribution in [3.05, 3.63) is 41.6 Å². The summed E-state index contributed by atoms with van der Waals surface area (Å²) in [6, 6.07) is 8.97. The molecule has 1 aromatic heterocycles. The van der Waals surface area contributed by atoms with E-state index in [0.717, 1.165) is 0 Å². The van der Waals surface area contributed by atoms with Crippen LogP contribution in [0.25, 0.3) is 0 Å². The second-order valence-electron chi connectivity index (χ2n) is 3.75. The van der Waals surface area contributed by atoms with E-state index in [9.17, 15) is 8.42 Å². The monoisotopic (exact) mass is 313 g/mol. The second kappa shape index (κ2) is 6.06. The summed E-state index contributed by atoms with van der Waals surface area (Å²) in [7, 11) is -3.71. The minimum absolute atomic E-state index is 0.100. The number of nitrogens with one attached hydrogen (secondary N) is 1. The normalized spacial score (nSPS) is 11.1. The van der Waals surface area contributed by atoms with Gasteiger partial charge < -0.3 is 4.74 Å². The largest absolute Gasteiger partial charge is 0.494 e. The minimum Gasteiger partial charge on any atom is -0.494 e. The first-order valence-electron chi connectivity index (χ1n) is 5.76. The number of aromatic nitrogens is 2. The van der Waals surface area contributed by atoms with E-state index >= 15 is 0 Å².